The maximum absolute atomic E-state index is 12.9. The number of fused-ring (bicyclic) bond motifs is 2. The van der Waals surface area contributed by atoms with Crippen LogP contribution in [0.1, 0.15) is 36.8 Å². The van der Waals surface area contributed by atoms with Gasteiger partial charge in [0.05, 0.1) is 33.1 Å². The van der Waals surface area contributed by atoms with E-state index in [4.69, 9.17) is 27.9 Å². The fraction of sp³-hybridized carbons (Fsp3) is 0.0417. The van der Waals surface area contributed by atoms with Crippen LogP contribution in [-0.2, 0) is 11.3 Å². The highest BCUT2D eigenvalue weighted by atomic mass is 35.5. The number of imide groups is 1. The molecule has 0 aliphatic carbocycles. The van der Waals surface area contributed by atoms with Crippen LogP contribution in [-0.4, -0.2) is 27.2 Å². The molecule has 0 bridgehead atoms. The third-order valence-electron chi connectivity index (χ3n) is 5.23. The summed E-state index contributed by atoms with van der Waals surface area (Å²) in [6, 6.07) is 14.8. The van der Waals surface area contributed by atoms with Gasteiger partial charge in [-0.15, -0.1) is 0 Å². The van der Waals surface area contributed by atoms with Crippen molar-refractivity contribution in [1.29, 1.82) is 0 Å². The van der Waals surface area contributed by atoms with E-state index in [0.29, 0.717) is 21.4 Å². The molecule has 8 nitrogen and oxygen atoms in total. The van der Waals surface area contributed by atoms with E-state index in [-0.39, 0.29) is 34.6 Å². The van der Waals surface area contributed by atoms with Gasteiger partial charge in [-0.05, 0) is 54.6 Å². The minimum Gasteiger partial charge on any atom is -0.456 e. The van der Waals surface area contributed by atoms with Gasteiger partial charge in [0.1, 0.15) is 12.3 Å². The number of rotatable bonds is 4. The Morgan fingerprint density at radius 3 is 2.32 bits per heavy atom. The van der Waals surface area contributed by atoms with Gasteiger partial charge in [-0.25, -0.2) is 14.7 Å². The van der Waals surface area contributed by atoms with Gasteiger partial charge in [0.2, 0.25) is 0 Å². The minimum absolute atomic E-state index is 0.0853. The van der Waals surface area contributed by atoms with Crippen LogP contribution in [0.15, 0.2) is 71.7 Å². The molecule has 0 spiro atoms. The van der Waals surface area contributed by atoms with Crippen LogP contribution in [0.4, 0.5) is 5.69 Å². The van der Waals surface area contributed by atoms with E-state index in [1.165, 1.54) is 34.9 Å². The zero-order valence-electron chi connectivity index (χ0n) is 17.2. The number of ether oxygens (including phenoxy) is 1. The number of pyridine rings is 1. The van der Waals surface area contributed by atoms with Crippen molar-refractivity contribution in [2.24, 2.45) is 0 Å². The predicted octanol–water partition coefficient (Wildman–Crippen LogP) is 4.16. The van der Waals surface area contributed by atoms with E-state index < -0.39 is 17.8 Å². The summed E-state index contributed by atoms with van der Waals surface area (Å²) < 4.78 is 6.57. The van der Waals surface area contributed by atoms with Gasteiger partial charge in [-0.3, -0.25) is 18.8 Å². The zero-order valence-corrected chi connectivity index (χ0v) is 18.7. The molecule has 168 valence electrons. The summed E-state index contributed by atoms with van der Waals surface area (Å²) in [5, 5.41) is 0.854. The average Bonchev–Trinajstić information content (AvgIpc) is 3.08. The van der Waals surface area contributed by atoms with E-state index in [2.05, 4.69) is 4.98 Å². The molecule has 1 aliphatic heterocycles. The molecule has 0 atom stereocenters. The van der Waals surface area contributed by atoms with Crippen LogP contribution in [0.3, 0.4) is 0 Å². The lowest BCUT2D eigenvalue weighted by Gasteiger charge is -2.13. The zero-order chi connectivity index (χ0) is 24.0. The molecule has 10 heteroatoms. The first-order valence-electron chi connectivity index (χ1n) is 9.95. The number of carbonyl (C=O) groups is 3. The van der Waals surface area contributed by atoms with Gasteiger partial charge in [0, 0.05) is 17.3 Å². The smallest absolute Gasteiger partial charge is 0.338 e. The molecule has 0 unspecified atom stereocenters. The van der Waals surface area contributed by atoms with Crippen LogP contribution < -0.4 is 10.5 Å². The van der Waals surface area contributed by atoms with Gasteiger partial charge in [0.25, 0.3) is 17.4 Å². The number of carbonyl (C=O) groups excluding carboxylic acids is 3. The molecule has 3 heterocycles. The summed E-state index contributed by atoms with van der Waals surface area (Å²) in [5.41, 5.74) is 0.959. The third-order valence-corrected chi connectivity index (χ3v) is 5.71. The monoisotopic (exact) mass is 493 g/mol. The Balaban J connectivity index is 1.36. The molecule has 0 saturated carbocycles. The molecular weight excluding hydrogens is 481 g/mol. The molecule has 34 heavy (non-hydrogen) atoms. The van der Waals surface area contributed by atoms with Crippen molar-refractivity contribution in [3.63, 3.8) is 0 Å². The number of halogens is 2. The Bertz CT molecular complexity index is 1560. The molecular formula is C24H13Cl2N3O5. The van der Waals surface area contributed by atoms with E-state index in [1.807, 2.05) is 0 Å². The highest BCUT2D eigenvalue weighted by Crippen LogP contribution is 2.30. The van der Waals surface area contributed by atoms with Crippen molar-refractivity contribution in [3.8, 4) is 0 Å². The van der Waals surface area contributed by atoms with Crippen LogP contribution in [0.25, 0.3) is 5.65 Å². The highest BCUT2D eigenvalue weighted by Gasteiger charge is 2.37. The molecule has 0 radical (unpaired) electrons. The van der Waals surface area contributed by atoms with E-state index in [0.717, 1.165) is 4.90 Å². The first kappa shape index (κ1) is 21.8. The van der Waals surface area contributed by atoms with Crippen molar-refractivity contribution < 1.29 is 19.1 Å². The number of hydrogen-bond acceptors (Lipinski definition) is 6. The summed E-state index contributed by atoms with van der Waals surface area (Å²) in [4.78, 5) is 55.8. The molecule has 4 aromatic rings. The van der Waals surface area contributed by atoms with Gasteiger partial charge in [-0.1, -0.05) is 23.2 Å². The Kier molecular flexibility index (Phi) is 5.39. The second kappa shape index (κ2) is 8.40. The number of esters is 1. The number of benzene rings is 2. The predicted molar refractivity (Wildman–Crippen MR) is 125 cm³/mol. The summed E-state index contributed by atoms with van der Waals surface area (Å²) in [7, 11) is 0. The van der Waals surface area contributed by atoms with E-state index in [9.17, 15) is 19.2 Å². The summed E-state index contributed by atoms with van der Waals surface area (Å²) in [6.45, 7) is -0.256. The summed E-state index contributed by atoms with van der Waals surface area (Å²) in [6.07, 6.45) is 1.44. The lowest BCUT2D eigenvalue weighted by molar-refractivity contribution is 0.0467. The Hall–Kier alpha value is -4.01. The normalized spacial score (nSPS) is 12.8. The lowest BCUT2D eigenvalue weighted by atomic mass is 10.1. The molecule has 1 aliphatic rings. The van der Waals surface area contributed by atoms with Crippen LogP contribution >= 0.6 is 23.2 Å². The lowest BCUT2D eigenvalue weighted by Crippen LogP contribution is -2.29. The average molecular weight is 494 g/mol. The first-order chi connectivity index (χ1) is 16.3. The SMILES string of the molecule is O=C(OCc1cc(=O)n2cc(Cl)ccc2n1)c1ccc2c(c1)C(=O)N(c1ccc(Cl)cc1)C2=O. The van der Waals surface area contributed by atoms with Crippen LogP contribution in [0.2, 0.25) is 10.0 Å². The van der Waals surface area contributed by atoms with Crippen LogP contribution in [0, 0.1) is 0 Å². The van der Waals surface area contributed by atoms with Crippen LogP contribution in [0.5, 0.6) is 0 Å². The maximum Gasteiger partial charge on any atom is 0.338 e. The topological polar surface area (TPSA) is 98.1 Å². The molecule has 0 N–H and O–H groups in total. The van der Waals surface area contributed by atoms with Crippen molar-refractivity contribution in [2.45, 2.75) is 6.61 Å². The standard InChI is InChI=1S/C24H13Cl2N3O5/c25-14-2-5-17(6-3-14)29-22(31)18-7-1-13(9-19(18)23(29)32)24(33)34-12-16-10-21(30)28-11-15(26)4-8-20(28)27-16/h1-11H,12H2. The fourth-order valence-electron chi connectivity index (χ4n) is 3.62. The number of amides is 2. The van der Waals surface area contributed by atoms with Gasteiger partial charge < -0.3 is 4.74 Å². The fourth-order valence-corrected chi connectivity index (χ4v) is 3.90. The Morgan fingerprint density at radius 2 is 1.56 bits per heavy atom. The van der Waals surface area contributed by atoms with Crippen molar-refractivity contribution >= 4 is 52.3 Å². The van der Waals surface area contributed by atoms with Gasteiger partial charge >= 0.3 is 5.97 Å². The molecule has 2 aromatic carbocycles. The number of nitrogens with zero attached hydrogens (tertiary/aromatic N) is 3. The molecule has 2 aromatic heterocycles. The van der Waals surface area contributed by atoms with Crippen molar-refractivity contribution in [2.75, 3.05) is 4.90 Å². The van der Waals surface area contributed by atoms with E-state index in [1.54, 1.807) is 36.4 Å². The molecule has 2 amide bonds. The number of hydrogen-bond donors (Lipinski definition) is 0. The Labute approximate surface area is 201 Å². The molecule has 0 saturated heterocycles. The van der Waals surface area contributed by atoms with E-state index >= 15 is 0 Å². The first-order valence-corrected chi connectivity index (χ1v) is 10.7. The number of aromatic nitrogens is 2. The Morgan fingerprint density at radius 1 is 0.853 bits per heavy atom. The van der Waals surface area contributed by atoms with Crippen molar-refractivity contribution in [1.82, 2.24) is 9.38 Å². The second-order valence-electron chi connectivity index (χ2n) is 7.42. The summed E-state index contributed by atoms with van der Waals surface area (Å²) in [5.74, 6) is -1.78. The number of anilines is 1. The maximum atomic E-state index is 12.9. The third kappa shape index (κ3) is 3.83. The molecule has 5 rings (SSSR count). The van der Waals surface area contributed by atoms with Gasteiger partial charge in [-0.2, -0.15) is 0 Å². The second-order valence-corrected chi connectivity index (χ2v) is 8.29. The van der Waals surface area contributed by atoms with Gasteiger partial charge in [0.15, 0.2) is 0 Å². The molecule has 0 fully saturated rings. The van der Waals surface area contributed by atoms with Crippen molar-refractivity contribution in [3.05, 3.63) is 110 Å². The highest BCUT2D eigenvalue weighted by molar-refractivity contribution is 6.35. The largest absolute Gasteiger partial charge is 0.456 e. The minimum atomic E-state index is -0.730. The summed E-state index contributed by atoms with van der Waals surface area (Å²) >= 11 is 11.8. The quantitative estimate of drug-likeness (QED) is 0.312.